The monoisotopic (exact) mass is 286 g/mol. The molecule has 2 rings (SSSR count). The lowest BCUT2D eigenvalue weighted by atomic mass is 10.2. The number of nitrogens with zero attached hydrogens (tertiary/aromatic N) is 3. The van der Waals surface area contributed by atoms with E-state index >= 15 is 0 Å². The van der Waals surface area contributed by atoms with Crippen LogP contribution in [-0.4, -0.2) is 23.0 Å². The van der Waals surface area contributed by atoms with E-state index in [4.69, 9.17) is 0 Å². The van der Waals surface area contributed by atoms with Gasteiger partial charge in [0, 0.05) is 18.8 Å². The highest BCUT2D eigenvalue weighted by molar-refractivity contribution is 5.64. The van der Waals surface area contributed by atoms with Gasteiger partial charge in [0.05, 0.1) is 17.1 Å². The van der Waals surface area contributed by atoms with E-state index < -0.39 is 4.92 Å². The number of benzene rings is 1. The lowest BCUT2D eigenvalue weighted by Crippen LogP contribution is -2.18. The smallest absolute Gasteiger partial charge is 0.276 e. The van der Waals surface area contributed by atoms with Crippen LogP contribution < -0.4 is 10.2 Å². The lowest BCUT2D eigenvalue weighted by Gasteiger charge is -2.22. The van der Waals surface area contributed by atoms with Gasteiger partial charge in [-0.05, 0) is 26.0 Å². The molecule has 1 N–H and O–H groups in total. The molecule has 0 saturated heterocycles. The summed E-state index contributed by atoms with van der Waals surface area (Å²) in [6.45, 7) is 5.24. The largest absolute Gasteiger partial charge is 0.370 e. The Morgan fingerprint density at radius 1 is 1.24 bits per heavy atom. The second kappa shape index (κ2) is 6.69. The van der Waals surface area contributed by atoms with Gasteiger partial charge in [0.25, 0.3) is 5.69 Å². The summed E-state index contributed by atoms with van der Waals surface area (Å²) in [7, 11) is 0. The van der Waals surface area contributed by atoms with Crippen molar-refractivity contribution >= 4 is 23.0 Å². The van der Waals surface area contributed by atoms with E-state index in [9.17, 15) is 10.1 Å². The molecule has 6 heteroatoms. The fourth-order valence-electron chi connectivity index (χ4n) is 2.10. The molecule has 0 amide bonds. The third kappa shape index (κ3) is 3.47. The van der Waals surface area contributed by atoms with Crippen molar-refractivity contribution in [3.8, 4) is 0 Å². The predicted octanol–water partition coefficient (Wildman–Crippen LogP) is 3.58. The summed E-state index contributed by atoms with van der Waals surface area (Å²) in [4.78, 5) is 17.1. The third-order valence-corrected chi connectivity index (χ3v) is 3.03. The van der Waals surface area contributed by atoms with E-state index in [1.54, 1.807) is 0 Å². The molecular weight excluding hydrogens is 268 g/mol. The predicted molar refractivity (Wildman–Crippen MR) is 84.2 cm³/mol. The van der Waals surface area contributed by atoms with Gasteiger partial charge in [0.2, 0.25) is 0 Å². The zero-order chi connectivity index (χ0) is 15.2. The summed E-state index contributed by atoms with van der Waals surface area (Å²) in [5, 5.41) is 14.1. The minimum atomic E-state index is -0.398. The number of nitro groups is 1. The highest BCUT2D eigenvalue weighted by Crippen LogP contribution is 2.28. The van der Waals surface area contributed by atoms with Gasteiger partial charge < -0.3 is 10.2 Å². The van der Waals surface area contributed by atoms with E-state index in [1.807, 2.05) is 49.1 Å². The fraction of sp³-hybridized carbons (Fsp3) is 0.267. The maximum absolute atomic E-state index is 11.1. The highest BCUT2D eigenvalue weighted by Gasteiger charge is 2.16. The first-order chi connectivity index (χ1) is 10.2. The minimum Gasteiger partial charge on any atom is -0.370 e. The first kappa shape index (κ1) is 14.8. The van der Waals surface area contributed by atoms with E-state index in [0.29, 0.717) is 24.7 Å². The van der Waals surface area contributed by atoms with Crippen molar-refractivity contribution in [3.63, 3.8) is 0 Å². The van der Waals surface area contributed by atoms with Crippen LogP contribution in [-0.2, 0) is 0 Å². The Kier molecular flexibility index (Phi) is 4.71. The Balaban J connectivity index is 2.47. The SMILES string of the molecule is CCNc1cc([N+](=O)[O-])cc(N(CC)c2ccccc2)n1. The summed E-state index contributed by atoms with van der Waals surface area (Å²) in [5.74, 6) is 1.07. The fourth-order valence-corrected chi connectivity index (χ4v) is 2.10. The summed E-state index contributed by atoms with van der Waals surface area (Å²) in [6.07, 6.45) is 0. The molecule has 0 radical (unpaired) electrons. The van der Waals surface area contributed by atoms with Crippen LogP contribution in [0.1, 0.15) is 13.8 Å². The molecule has 0 bridgehead atoms. The summed E-state index contributed by atoms with van der Waals surface area (Å²) < 4.78 is 0. The van der Waals surface area contributed by atoms with Crippen molar-refractivity contribution in [2.45, 2.75) is 13.8 Å². The molecule has 21 heavy (non-hydrogen) atoms. The molecule has 0 unspecified atom stereocenters. The third-order valence-electron chi connectivity index (χ3n) is 3.03. The Bertz CT molecular complexity index is 616. The quantitative estimate of drug-likeness (QED) is 0.649. The van der Waals surface area contributed by atoms with Crippen LogP contribution in [0.3, 0.4) is 0 Å². The zero-order valence-electron chi connectivity index (χ0n) is 12.1. The average molecular weight is 286 g/mol. The van der Waals surface area contributed by atoms with Gasteiger partial charge in [-0.2, -0.15) is 0 Å². The standard InChI is InChI=1S/C15H18N4O2/c1-3-16-14-10-13(19(20)21)11-15(17-14)18(4-2)12-8-6-5-7-9-12/h5-11H,3-4H2,1-2H3,(H,16,17). The van der Waals surface area contributed by atoms with E-state index in [0.717, 1.165) is 5.69 Å². The number of rotatable bonds is 6. The molecule has 1 aromatic carbocycles. The van der Waals surface area contributed by atoms with Gasteiger partial charge >= 0.3 is 0 Å². The number of nitrogens with one attached hydrogen (secondary N) is 1. The molecule has 6 nitrogen and oxygen atoms in total. The van der Waals surface area contributed by atoms with E-state index in [2.05, 4.69) is 10.3 Å². The second-order valence-corrected chi connectivity index (χ2v) is 4.44. The zero-order valence-corrected chi connectivity index (χ0v) is 12.1. The van der Waals surface area contributed by atoms with Crippen molar-refractivity contribution in [1.29, 1.82) is 0 Å². The molecule has 0 aliphatic carbocycles. The molecule has 0 fully saturated rings. The number of pyridine rings is 1. The van der Waals surface area contributed by atoms with Crippen molar-refractivity contribution in [2.75, 3.05) is 23.3 Å². The molecule has 0 saturated carbocycles. The molecule has 0 aliphatic heterocycles. The maximum atomic E-state index is 11.1. The van der Waals surface area contributed by atoms with Crippen LogP contribution in [0.5, 0.6) is 0 Å². The molecule has 110 valence electrons. The van der Waals surface area contributed by atoms with Crippen molar-refractivity contribution < 1.29 is 4.92 Å². The van der Waals surface area contributed by atoms with Crippen molar-refractivity contribution in [2.24, 2.45) is 0 Å². The molecule has 2 aromatic rings. The van der Waals surface area contributed by atoms with Gasteiger partial charge in [-0.3, -0.25) is 10.1 Å². The molecule has 1 heterocycles. The highest BCUT2D eigenvalue weighted by atomic mass is 16.6. The van der Waals surface area contributed by atoms with Gasteiger partial charge in [-0.15, -0.1) is 0 Å². The van der Waals surface area contributed by atoms with Crippen LogP contribution in [0.25, 0.3) is 0 Å². The Labute approximate surface area is 123 Å². The van der Waals surface area contributed by atoms with Gasteiger partial charge in [0.15, 0.2) is 0 Å². The van der Waals surface area contributed by atoms with Crippen molar-refractivity contribution in [3.05, 3.63) is 52.6 Å². The van der Waals surface area contributed by atoms with E-state index in [-0.39, 0.29) is 5.69 Å². The number of anilines is 3. The summed E-state index contributed by atoms with van der Waals surface area (Å²) in [5.41, 5.74) is 0.987. The normalized spacial score (nSPS) is 10.2. The molecule has 0 aliphatic rings. The van der Waals surface area contributed by atoms with Crippen LogP contribution in [0.4, 0.5) is 23.0 Å². The lowest BCUT2D eigenvalue weighted by molar-refractivity contribution is -0.384. The Morgan fingerprint density at radius 2 is 1.95 bits per heavy atom. The van der Waals surface area contributed by atoms with Crippen LogP contribution in [0, 0.1) is 10.1 Å². The first-order valence-corrected chi connectivity index (χ1v) is 6.88. The number of para-hydroxylation sites is 1. The number of hydrogen-bond acceptors (Lipinski definition) is 5. The number of aromatic nitrogens is 1. The molecule has 1 aromatic heterocycles. The van der Waals surface area contributed by atoms with Crippen LogP contribution in [0.15, 0.2) is 42.5 Å². The average Bonchev–Trinajstić information content (AvgIpc) is 2.49. The first-order valence-electron chi connectivity index (χ1n) is 6.88. The Morgan fingerprint density at radius 3 is 2.52 bits per heavy atom. The maximum Gasteiger partial charge on any atom is 0.276 e. The van der Waals surface area contributed by atoms with Gasteiger partial charge in [-0.1, -0.05) is 18.2 Å². The summed E-state index contributed by atoms with van der Waals surface area (Å²) in [6, 6.07) is 12.7. The van der Waals surface area contributed by atoms with Gasteiger partial charge in [0.1, 0.15) is 11.6 Å². The molecule has 0 atom stereocenters. The topological polar surface area (TPSA) is 71.3 Å². The molecule has 0 spiro atoms. The number of hydrogen-bond donors (Lipinski definition) is 1. The van der Waals surface area contributed by atoms with Gasteiger partial charge in [-0.25, -0.2) is 4.98 Å². The summed E-state index contributed by atoms with van der Waals surface area (Å²) >= 11 is 0. The Hall–Kier alpha value is -2.63. The minimum absolute atomic E-state index is 0.0327. The van der Waals surface area contributed by atoms with Crippen molar-refractivity contribution in [1.82, 2.24) is 4.98 Å². The molecular formula is C15H18N4O2. The van der Waals surface area contributed by atoms with Crippen LogP contribution >= 0.6 is 0 Å². The van der Waals surface area contributed by atoms with Crippen LogP contribution in [0.2, 0.25) is 0 Å². The second-order valence-electron chi connectivity index (χ2n) is 4.44. The van der Waals surface area contributed by atoms with E-state index in [1.165, 1.54) is 12.1 Å².